The number of nitrogens with zero attached hydrogens (tertiary/aromatic N) is 5. The Balaban J connectivity index is 1.76. The number of methoxy groups -OCH3 is 1. The number of aryl methyl sites for hydroxylation is 1. The molecule has 4 rings (SSSR count). The summed E-state index contributed by atoms with van der Waals surface area (Å²) < 4.78 is 12.1. The molecule has 1 unspecified atom stereocenters. The number of rotatable bonds is 5. The average molecular weight is 413 g/mol. The van der Waals surface area contributed by atoms with Crippen LogP contribution in [0.1, 0.15) is 34.1 Å². The van der Waals surface area contributed by atoms with Crippen molar-refractivity contribution in [2.45, 2.75) is 20.0 Å². The zero-order valence-corrected chi connectivity index (χ0v) is 16.5. The summed E-state index contributed by atoms with van der Waals surface area (Å²) in [5.41, 5.74) is 1.09. The zero-order chi connectivity index (χ0) is 20.7. The first-order valence-corrected chi connectivity index (χ1v) is 9.35. The fourth-order valence-corrected chi connectivity index (χ4v) is 4.02. The third kappa shape index (κ3) is 3.14. The monoisotopic (exact) mass is 413 g/mol. The van der Waals surface area contributed by atoms with Gasteiger partial charge in [0.2, 0.25) is 0 Å². The minimum atomic E-state index is -0.648. The topological polar surface area (TPSA) is 122 Å². The van der Waals surface area contributed by atoms with Crippen molar-refractivity contribution in [3.63, 3.8) is 0 Å². The van der Waals surface area contributed by atoms with E-state index < -0.39 is 17.0 Å². The lowest BCUT2D eigenvalue weighted by molar-refractivity contribution is -0.386. The molecule has 11 heteroatoms. The highest BCUT2D eigenvalue weighted by molar-refractivity contribution is 7.20. The number of aromatic nitrogens is 4. The van der Waals surface area contributed by atoms with Crippen molar-refractivity contribution in [2.24, 2.45) is 0 Å². The van der Waals surface area contributed by atoms with E-state index in [4.69, 9.17) is 9.47 Å². The first-order valence-electron chi connectivity index (χ1n) is 8.53. The molecule has 0 N–H and O–H groups in total. The minimum Gasteiger partial charge on any atom is -0.476 e. The molecule has 3 aromatic heterocycles. The van der Waals surface area contributed by atoms with Crippen LogP contribution in [0.2, 0.25) is 0 Å². The molecular weight excluding hydrogens is 398 g/mol. The lowest BCUT2D eigenvalue weighted by atomic mass is 10.2. The predicted molar refractivity (Wildman–Crippen MR) is 104 cm³/mol. The second kappa shape index (κ2) is 7.09. The van der Waals surface area contributed by atoms with Gasteiger partial charge in [0, 0.05) is 6.07 Å². The Morgan fingerprint density at radius 3 is 2.83 bits per heavy atom. The minimum absolute atomic E-state index is 0.131. The summed E-state index contributed by atoms with van der Waals surface area (Å²) in [6, 6.07) is 6.12. The normalized spacial score (nSPS) is 12.2. The molecule has 0 fully saturated rings. The number of ether oxygens (including phenoxy) is 2. The Kier molecular flexibility index (Phi) is 4.59. The SMILES string of the molecule is COC(=O)c1sc2ncn3nc(C(C)Oc4ccccc4[N+](=O)[O-])nc3c2c1C. The largest absolute Gasteiger partial charge is 0.476 e. The van der Waals surface area contributed by atoms with Gasteiger partial charge in [-0.2, -0.15) is 0 Å². The maximum absolute atomic E-state index is 12.0. The van der Waals surface area contributed by atoms with Gasteiger partial charge in [-0.3, -0.25) is 10.1 Å². The molecule has 0 saturated heterocycles. The second-order valence-electron chi connectivity index (χ2n) is 6.20. The number of nitro benzene ring substituents is 1. The van der Waals surface area contributed by atoms with Gasteiger partial charge in [-0.25, -0.2) is 19.3 Å². The van der Waals surface area contributed by atoms with Crippen LogP contribution in [0.4, 0.5) is 5.69 Å². The Morgan fingerprint density at radius 1 is 1.34 bits per heavy atom. The standard InChI is InChI=1S/C18H15N5O5S/c1-9-13-16-20-15(10(2)28-12-7-5-4-6-11(12)23(25)26)21-22(16)8-19-17(13)29-14(9)18(24)27-3/h4-8,10H,1-3H3. The van der Waals surface area contributed by atoms with Gasteiger partial charge in [0.15, 0.2) is 23.3 Å². The molecule has 0 amide bonds. The van der Waals surface area contributed by atoms with E-state index in [-0.39, 0.29) is 11.4 Å². The van der Waals surface area contributed by atoms with Crippen molar-refractivity contribution in [3.8, 4) is 5.75 Å². The number of carbonyl (C=O) groups excluding carboxylic acids is 1. The molecular formula is C18H15N5O5S. The van der Waals surface area contributed by atoms with Crippen LogP contribution in [-0.2, 0) is 4.74 Å². The van der Waals surface area contributed by atoms with Crippen LogP contribution >= 0.6 is 11.3 Å². The molecule has 10 nitrogen and oxygen atoms in total. The first kappa shape index (κ1) is 18.7. The van der Waals surface area contributed by atoms with Gasteiger partial charge in [0.25, 0.3) is 0 Å². The van der Waals surface area contributed by atoms with Gasteiger partial charge in [-0.15, -0.1) is 16.4 Å². The maximum Gasteiger partial charge on any atom is 0.348 e. The molecule has 0 bridgehead atoms. The Labute approximate surface area is 167 Å². The summed E-state index contributed by atoms with van der Waals surface area (Å²) in [4.78, 5) is 32.7. The van der Waals surface area contributed by atoms with Crippen molar-refractivity contribution in [3.05, 3.63) is 57.0 Å². The highest BCUT2D eigenvalue weighted by atomic mass is 32.1. The number of esters is 1. The van der Waals surface area contributed by atoms with Crippen LogP contribution in [0.5, 0.6) is 5.75 Å². The molecule has 148 valence electrons. The Morgan fingerprint density at radius 2 is 2.10 bits per heavy atom. The highest BCUT2D eigenvalue weighted by Gasteiger charge is 2.23. The fourth-order valence-electron chi connectivity index (χ4n) is 2.96. The summed E-state index contributed by atoms with van der Waals surface area (Å²) in [5.74, 6) is 0.0333. The third-order valence-electron chi connectivity index (χ3n) is 4.38. The smallest absolute Gasteiger partial charge is 0.348 e. The summed E-state index contributed by atoms with van der Waals surface area (Å²) in [6.07, 6.45) is 0.855. The average Bonchev–Trinajstić information content (AvgIpc) is 3.28. The van der Waals surface area contributed by atoms with Crippen LogP contribution in [0.3, 0.4) is 0 Å². The lowest BCUT2D eigenvalue weighted by Gasteiger charge is -2.11. The summed E-state index contributed by atoms with van der Waals surface area (Å²) >= 11 is 1.22. The molecule has 1 atom stereocenters. The quantitative estimate of drug-likeness (QED) is 0.277. The van der Waals surface area contributed by atoms with E-state index in [1.807, 2.05) is 0 Å². The van der Waals surface area contributed by atoms with Crippen LogP contribution in [-0.4, -0.2) is 37.6 Å². The molecule has 1 aromatic carbocycles. The number of para-hydroxylation sites is 2. The van der Waals surface area contributed by atoms with Gasteiger partial charge in [0.05, 0.1) is 17.4 Å². The summed E-state index contributed by atoms with van der Waals surface area (Å²) in [5, 5.41) is 16.3. The van der Waals surface area contributed by atoms with E-state index >= 15 is 0 Å². The fraction of sp³-hybridized carbons (Fsp3) is 0.222. The summed E-state index contributed by atoms with van der Waals surface area (Å²) in [7, 11) is 1.33. The molecule has 0 aliphatic rings. The van der Waals surface area contributed by atoms with Gasteiger partial charge in [0.1, 0.15) is 16.0 Å². The molecule has 4 aromatic rings. The van der Waals surface area contributed by atoms with Crippen LogP contribution < -0.4 is 4.74 Å². The van der Waals surface area contributed by atoms with E-state index in [1.54, 1.807) is 26.0 Å². The number of hydrogen-bond donors (Lipinski definition) is 0. The predicted octanol–water partition coefficient (Wildman–Crippen LogP) is 3.48. The van der Waals surface area contributed by atoms with E-state index in [0.717, 1.165) is 0 Å². The number of fused-ring (bicyclic) bond motifs is 3. The van der Waals surface area contributed by atoms with Crippen molar-refractivity contribution < 1.29 is 19.2 Å². The number of benzene rings is 1. The van der Waals surface area contributed by atoms with Gasteiger partial charge in [-0.05, 0) is 25.5 Å². The first-order chi connectivity index (χ1) is 13.9. The van der Waals surface area contributed by atoms with Crippen LogP contribution in [0.25, 0.3) is 15.9 Å². The van der Waals surface area contributed by atoms with Gasteiger partial charge in [-0.1, -0.05) is 12.1 Å². The van der Waals surface area contributed by atoms with E-state index in [1.165, 1.54) is 41.4 Å². The Hall–Kier alpha value is -3.60. The lowest BCUT2D eigenvalue weighted by Crippen LogP contribution is -2.07. The molecule has 29 heavy (non-hydrogen) atoms. The molecule has 0 spiro atoms. The summed E-state index contributed by atoms with van der Waals surface area (Å²) in [6.45, 7) is 3.50. The number of carbonyl (C=O) groups is 1. The van der Waals surface area contributed by atoms with Crippen molar-refractivity contribution >= 4 is 38.9 Å². The Bertz CT molecular complexity index is 1260. The zero-order valence-electron chi connectivity index (χ0n) is 15.6. The van der Waals surface area contributed by atoms with E-state index in [9.17, 15) is 14.9 Å². The van der Waals surface area contributed by atoms with Crippen molar-refractivity contribution in [1.82, 2.24) is 19.6 Å². The molecule has 0 aliphatic carbocycles. The van der Waals surface area contributed by atoms with Crippen molar-refractivity contribution in [2.75, 3.05) is 7.11 Å². The van der Waals surface area contributed by atoms with Gasteiger partial charge < -0.3 is 9.47 Å². The molecule has 0 aliphatic heterocycles. The maximum atomic E-state index is 12.0. The van der Waals surface area contributed by atoms with Gasteiger partial charge >= 0.3 is 11.7 Å². The number of thiophene rings is 1. The van der Waals surface area contributed by atoms with Crippen molar-refractivity contribution in [1.29, 1.82) is 0 Å². The van der Waals surface area contributed by atoms with Crippen LogP contribution in [0.15, 0.2) is 30.6 Å². The van der Waals surface area contributed by atoms with E-state index in [0.29, 0.717) is 32.1 Å². The van der Waals surface area contributed by atoms with Crippen LogP contribution in [0, 0.1) is 17.0 Å². The third-order valence-corrected chi connectivity index (χ3v) is 5.56. The molecule has 3 heterocycles. The molecule has 0 saturated carbocycles. The van der Waals surface area contributed by atoms with E-state index in [2.05, 4.69) is 15.1 Å². The highest BCUT2D eigenvalue weighted by Crippen LogP contribution is 2.33. The molecule has 0 radical (unpaired) electrons. The second-order valence-corrected chi connectivity index (χ2v) is 7.19. The number of hydrogen-bond acceptors (Lipinski definition) is 9. The number of nitro groups is 1.